The van der Waals surface area contributed by atoms with Gasteiger partial charge in [-0.2, -0.15) is 0 Å². The SMILES string of the molecule is CNc1ccc2c(c1)NC(=O)C(C)S2. The summed E-state index contributed by atoms with van der Waals surface area (Å²) < 4.78 is 0. The molecule has 1 heterocycles. The lowest BCUT2D eigenvalue weighted by Crippen LogP contribution is -2.26. The van der Waals surface area contributed by atoms with Crippen LogP contribution >= 0.6 is 11.8 Å². The average molecular weight is 208 g/mol. The minimum absolute atomic E-state index is 0.00272. The lowest BCUT2D eigenvalue weighted by Gasteiger charge is -2.21. The Kier molecular flexibility index (Phi) is 2.37. The van der Waals surface area contributed by atoms with Crippen molar-refractivity contribution in [2.45, 2.75) is 17.1 Å². The van der Waals surface area contributed by atoms with Crippen molar-refractivity contribution in [1.29, 1.82) is 0 Å². The fraction of sp³-hybridized carbons (Fsp3) is 0.300. The molecule has 0 radical (unpaired) electrons. The molecule has 1 aliphatic rings. The highest BCUT2D eigenvalue weighted by molar-refractivity contribution is 8.00. The Morgan fingerprint density at radius 2 is 2.29 bits per heavy atom. The number of fused-ring (bicyclic) bond motifs is 1. The predicted molar refractivity (Wildman–Crippen MR) is 59.9 cm³/mol. The molecule has 3 nitrogen and oxygen atoms in total. The largest absolute Gasteiger partial charge is 0.388 e. The summed E-state index contributed by atoms with van der Waals surface area (Å²) in [6, 6.07) is 5.99. The van der Waals surface area contributed by atoms with E-state index in [4.69, 9.17) is 0 Å². The van der Waals surface area contributed by atoms with Gasteiger partial charge in [0.2, 0.25) is 5.91 Å². The highest BCUT2D eigenvalue weighted by Gasteiger charge is 2.22. The quantitative estimate of drug-likeness (QED) is 0.743. The summed E-state index contributed by atoms with van der Waals surface area (Å²) in [6.07, 6.45) is 0. The molecule has 1 aromatic carbocycles. The van der Waals surface area contributed by atoms with Gasteiger partial charge in [-0.25, -0.2) is 0 Å². The van der Waals surface area contributed by atoms with Gasteiger partial charge in [0, 0.05) is 17.6 Å². The maximum atomic E-state index is 11.4. The van der Waals surface area contributed by atoms with Crippen LogP contribution in [-0.2, 0) is 4.79 Å². The minimum Gasteiger partial charge on any atom is -0.388 e. The molecule has 0 aromatic heterocycles. The smallest absolute Gasteiger partial charge is 0.237 e. The molecule has 1 aliphatic heterocycles. The number of carbonyl (C=O) groups excluding carboxylic acids is 1. The first-order valence-corrected chi connectivity index (χ1v) is 5.38. The second kappa shape index (κ2) is 3.53. The van der Waals surface area contributed by atoms with Gasteiger partial charge >= 0.3 is 0 Å². The molecule has 14 heavy (non-hydrogen) atoms. The van der Waals surface area contributed by atoms with E-state index in [0.29, 0.717) is 0 Å². The normalized spacial score (nSPS) is 19.9. The van der Waals surface area contributed by atoms with E-state index in [0.717, 1.165) is 16.3 Å². The second-order valence-electron chi connectivity index (χ2n) is 3.21. The predicted octanol–water partition coefficient (Wildman–Crippen LogP) is 2.16. The molecule has 1 atom stereocenters. The van der Waals surface area contributed by atoms with Crippen molar-refractivity contribution in [1.82, 2.24) is 0 Å². The Labute approximate surface area is 87.3 Å². The standard InChI is InChI=1S/C10H12N2OS/c1-6-10(13)12-8-5-7(11-2)3-4-9(8)14-6/h3-6,11H,1-2H3,(H,12,13). The van der Waals surface area contributed by atoms with E-state index >= 15 is 0 Å². The Morgan fingerprint density at radius 3 is 3.00 bits per heavy atom. The first-order chi connectivity index (χ1) is 6.70. The number of amides is 1. The van der Waals surface area contributed by atoms with E-state index in [-0.39, 0.29) is 11.2 Å². The number of rotatable bonds is 1. The lowest BCUT2D eigenvalue weighted by molar-refractivity contribution is -0.115. The number of anilines is 2. The van der Waals surface area contributed by atoms with Crippen LogP contribution in [0.15, 0.2) is 23.1 Å². The highest BCUT2D eigenvalue weighted by Crippen LogP contribution is 2.36. The molecular formula is C10H12N2OS. The molecule has 0 spiro atoms. The molecule has 74 valence electrons. The molecule has 0 aliphatic carbocycles. The van der Waals surface area contributed by atoms with Gasteiger partial charge in [-0.15, -0.1) is 11.8 Å². The third-order valence-corrected chi connectivity index (χ3v) is 3.38. The van der Waals surface area contributed by atoms with E-state index < -0.39 is 0 Å². The van der Waals surface area contributed by atoms with Crippen LogP contribution in [0.2, 0.25) is 0 Å². The Morgan fingerprint density at radius 1 is 1.50 bits per heavy atom. The summed E-state index contributed by atoms with van der Waals surface area (Å²) >= 11 is 1.60. The zero-order valence-electron chi connectivity index (χ0n) is 8.13. The number of carbonyl (C=O) groups is 1. The van der Waals surface area contributed by atoms with Crippen molar-refractivity contribution in [2.75, 3.05) is 17.7 Å². The highest BCUT2D eigenvalue weighted by atomic mass is 32.2. The van der Waals surface area contributed by atoms with Crippen LogP contribution in [0.3, 0.4) is 0 Å². The monoisotopic (exact) mass is 208 g/mol. The summed E-state index contributed by atoms with van der Waals surface area (Å²) in [6.45, 7) is 1.91. The maximum absolute atomic E-state index is 11.4. The number of benzene rings is 1. The van der Waals surface area contributed by atoms with Crippen LogP contribution in [0.25, 0.3) is 0 Å². The number of nitrogens with one attached hydrogen (secondary N) is 2. The third kappa shape index (κ3) is 1.57. The van der Waals surface area contributed by atoms with Crippen LogP contribution < -0.4 is 10.6 Å². The van der Waals surface area contributed by atoms with E-state index in [1.807, 2.05) is 32.2 Å². The Hall–Kier alpha value is -1.16. The van der Waals surface area contributed by atoms with Crippen molar-refractivity contribution in [3.05, 3.63) is 18.2 Å². The van der Waals surface area contributed by atoms with Crippen LogP contribution in [0, 0.1) is 0 Å². The van der Waals surface area contributed by atoms with E-state index in [9.17, 15) is 4.79 Å². The second-order valence-corrected chi connectivity index (χ2v) is 4.59. The summed E-state index contributed by atoms with van der Waals surface area (Å²) in [5.41, 5.74) is 1.92. The Balaban J connectivity index is 2.37. The van der Waals surface area contributed by atoms with Crippen molar-refractivity contribution < 1.29 is 4.79 Å². The molecule has 1 amide bonds. The zero-order chi connectivity index (χ0) is 10.1. The number of hydrogen-bond donors (Lipinski definition) is 2. The molecule has 0 bridgehead atoms. The number of thioether (sulfide) groups is 1. The first-order valence-electron chi connectivity index (χ1n) is 4.50. The van der Waals surface area contributed by atoms with E-state index in [2.05, 4.69) is 10.6 Å². The van der Waals surface area contributed by atoms with Crippen molar-refractivity contribution in [3.63, 3.8) is 0 Å². The van der Waals surface area contributed by atoms with Gasteiger partial charge in [-0.3, -0.25) is 4.79 Å². The van der Waals surface area contributed by atoms with Crippen LogP contribution in [0.4, 0.5) is 11.4 Å². The van der Waals surface area contributed by atoms with Gasteiger partial charge in [0.15, 0.2) is 0 Å². The first kappa shape index (κ1) is 9.40. The summed E-state index contributed by atoms with van der Waals surface area (Å²) in [4.78, 5) is 12.5. The van der Waals surface area contributed by atoms with Crippen molar-refractivity contribution in [3.8, 4) is 0 Å². The van der Waals surface area contributed by atoms with Crippen molar-refractivity contribution in [2.24, 2.45) is 0 Å². The third-order valence-electron chi connectivity index (χ3n) is 2.20. The average Bonchev–Trinajstić information content (AvgIpc) is 2.19. The topological polar surface area (TPSA) is 41.1 Å². The summed E-state index contributed by atoms with van der Waals surface area (Å²) in [7, 11) is 1.86. The molecule has 0 saturated heterocycles. The molecule has 2 rings (SSSR count). The fourth-order valence-corrected chi connectivity index (χ4v) is 2.29. The van der Waals surface area contributed by atoms with Crippen molar-refractivity contribution >= 4 is 29.0 Å². The van der Waals surface area contributed by atoms with Gasteiger partial charge in [-0.05, 0) is 25.1 Å². The minimum atomic E-state index is 0.00272. The van der Waals surface area contributed by atoms with E-state index in [1.54, 1.807) is 11.8 Å². The molecule has 0 saturated carbocycles. The van der Waals surface area contributed by atoms with Gasteiger partial charge in [0.1, 0.15) is 0 Å². The van der Waals surface area contributed by atoms with Gasteiger partial charge < -0.3 is 10.6 Å². The van der Waals surface area contributed by atoms with Crippen LogP contribution in [0.5, 0.6) is 0 Å². The summed E-state index contributed by atoms with van der Waals surface area (Å²) in [5.74, 6) is 0.0794. The Bertz CT molecular complexity index is 378. The molecule has 0 fully saturated rings. The lowest BCUT2D eigenvalue weighted by atomic mass is 10.2. The zero-order valence-corrected chi connectivity index (χ0v) is 8.94. The van der Waals surface area contributed by atoms with Gasteiger partial charge in [0.05, 0.1) is 10.9 Å². The van der Waals surface area contributed by atoms with E-state index in [1.165, 1.54) is 0 Å². The van der Waals surface area contributed by atoms with Crippen LogP contribution in [0.1, 0.15) is 6.92 Å². The molecule has 1 unspecified atom stereocenters. The molecule has 4 heteroatoms. The maximum Gasteiger partial charge on any atom is 0.237 e. The van der Waals surface area contributed by atoms with Gasteiger partial charge in [-0.1, -0.05) is 0 Å². The summed E-state index contributed by atoms with van der Waals surface area (Å²) in [5, 5.41) is 5.93. The van der Waals surface area contributed by atoms with Gasteiger partial charge in [0.25, 0.3) is 0 Å². The van der Waals surface area contributed by atoms with Crippen LogP contribution in [-0.4, -0.2) is 18.2 Å². The number of hydrogen-bond acceptors (Lipinski definition) is 3. The molecular weight excluding hydrogens is 196 g/mol. The molecule has 2 N–H and O–H groups in total. The molecule has 1 aromatic rings. The fourth-order valence-electron chi connectivity index (χ4n) is 1.36.